The summed E-state index contributed by atoms with van der Waals surface area (Å²) in [5.74, 6) is -0.00582. The molecule has 270 valence electrons. The molecule has 12 heteroatoms. The predicted molar refractivity (Wildman–Crippen MR) is 198 cm³/mol. The number of carbonyl (C=O) groups is 1. The molecule has 0 spiro atoms. The smallest absolute Gasteiger partial charge is 0.279 e. The Morgan fingerprint density at radius 2 is 1.45 bits per heavy atom. The third-order valence-electron chi connectivity index (χ3n) is 10.7. The minimum Gasteiger partial charge on any atom is -0.543 e. The summed E-state index contributed by atoms with van der Waals surface area (Å²) >= 11 is 0. The fourth-order valence-corrected chi connectivity index (χ4v) is 8.07. The van der Waals surface area contributed by atoms with Gasteiger partial charge in [-0.2, -0.15) is 0 Å². The van der Waals surface area contributed by atoms with Crippen molar-refractivity contribution in [3.05, 3.63) is 79.8 Å². The number of nitrogens with zero attached hydrogens (tertiary/aromatic N) is 2. The van der Waals surface area contributed by atoms with Gasteiger partial charge in [0.25, 0.3) is 14.2 Å². The van der Waals surface area contributed by atoms with E-state index >= 15 is 0 Å². The maximum absolute atomic E-state index is 14.8. The first kappa shape index (κ1) is 35.9. The van der Waals surface area contributed by atoms with Gasteiger partial charge >= 0.3 is 0 Å². The monoisotopic (exact) mass is 714 g/mol. The van der Waals surface area contributed by atoms with Gasteiger partial charge in [-0.25, -0.2) is 0 Å². The molecular formula is C39H46N2O9Si. The Labute approximate surface area is 299 Å². The molecule has 2 aromatic carbocycles. The summed E-state index contributed by atoms with van der Waals surface area (Å²) in [4.78, 5) is 30.5. The van der Waals surface area contributed by atoms with E-state index in [9.17, 15) is 19.8 Å². The number of rotatable bonds is 9. The highest BCUT2D eigenvalue weighted by molar-refractivity contribution is 6.74. The number of hydrogen-bond acceptors (Lipinski definition) is 9. The summed E-state index contributed by atoms with van der Waals surface area (Å²) in [7, 11) is 3.60. The molecule has 0 aromatic heterocycles. The van der Waals surface area contributed by atoms with Crippen LogP contribution in [0.15, 0.2) is 35.1 Å². The van der Waals surface area contributed by atoms with E-state index in [0.29, 0.717) is 39.8 Å². The summed E-state index contributed by atoms with van der Waals surface area (Å²) in [6, 6.07) is 8.87. The van der Waals surface area contributed by atoms with Gasteiger partial charge in [-0.1, -0.05) is 51.1 Å². The van der Waals surface area contributed by atoms with Crippen LogP contribution in [0, 0.1) is 13.8 Å². The van der Waals surface area contributed by atoms with Gasteiger partial charge in [0.2, 0.25) is 5.43 Å². The van der Waals surface area contributed by atoms with Gasteiger partial charge < -0.3 is 38.2 Å². The molecule has 0 saturated carbocycles. The van der Waals surface area contributed by atoms with Gasteiger partial charge in [-0.15, -0.1) is 0 Å². The number of aromatic nitrogens is 1. The van der Waals surface area contributed by atoms with Crippen molar-refractivity contribution in [2.24, 2.45) is 7.05 Å². The van der Waals surface area contributed by atoms with Crippen molar-refractivity contribution in [1.29, 1.82) is 0 Å². The number of phenolic OH excluding ortho intramolecular Hbond substituents is 1. The standard InChI is InChI=1S/C39H46N2O9Si/c1-20-31(42)28-27(33(44)35(20)46-7)29-24-17-23-26(37(48-9)36(47-8)21(2)34(23)50-51(10,11)39(3,4)5)25(19-49-18-22-15-13-12-14-16-22)41(24)38(45)30(32(28)43)40(29)6/h12-17,25,42-43H,18-19H2,1-11H3/t25-/m0/s1. The molecule has 1 aliphatic carbocycles. The molecular weight excluding hydrogens is 669 g/mol. The Morgan fingerprint density at radius 3 is 2.04 bits per heavy atom. The van der Waals surface area contributed by atoms with Crippen LogP contribution in [0.1, 0.15) is 70.8 Å². The lowest BCUT2D eigenvalue weighted by Crippen LogP contribution is -2.46. The molecule has 3 aliphatic heterocycles. The fourth-order valence-electron chi connectivity index (χ4n) is 6.99. The van der Waals surface area contributed by atoms with E-state index < -0.39 is 31.4 Å². The van der Waals surface area contributed by atoms with Crippen molar-refractivity contribution in [3.8, 4) is 45.6 Å². The highest BCUT2D eigenvalue weighted by atomic mass is 28.4. The van der Waals surface area contributed by atoms with Crippen LogP contribution in [0.5, 0.6) is 34.5 Å². The first-order valence-electron chi connectivity index (χ1n) is 16.8. The van der Waals surface area contributed by atoms with Crippen LogP contribution in [0.25, 0.3) is 22.9 Å². The number of benzene rings is 3. The maximum atomic E-state index is 14.8. The van der Waals surface area contributed by atoms with E-state index in [0.717, 1.165) is 11.1 Å². The van der Waals surface area contributed by atoms with Crippen molar-refractivity contribution in [2.45, 2.75) is 65.4 Å². The van der Waals surface area contributed by atoms with E-state index in [1.807, 2.05) is 43.3 Å². The molecule has 0 fully saturated rings. The third kappa shape index (κ3) is 5.34. The molecule has 1 atom stereocenters. The zero-order chi connectivity index (χ0) is 37.3. The number of hydrogen-bond donors (Lipinski definition) is 2. The van der Waals surface area contributed by atoms with Gasteiger partial charge in [-0.05, 0) is 43.6 Å². The minimum atomic E-state index is -2.48. The Balaban J connectivity index is 1.73. The number of aromatic hydroxyl groups is 2. The average molecular weight is 715 g/mol. The van der Waals surface area contributed by atoms with Gasteiger partial charge in [0.1, 0.15) is 11.5 Å². The highest BCUT2D eigenvalue weighted by Gasteiger charge is 2.48. The third-order valence-corrected chi connectivity index (χ3v) is 15.0. The van der Waals surface area contributed by atoms with Gasteiger partial charge in [0.15, 0.2) is 28.7 Å². The van der Waals surface area contributed by atoms with E-state index in [4.69, 9.17) is 23.4 Å². The molecule has 0 saturated heterocycles. The topological polar surface area (TPSA) is 129 Å². The lowest BCUT2D eigenvalue weighted by Gasteiger charge is -2.44. The molecule has 51 heavy (non-hydrogen) atoms. The zero-order valence-corrected chi connectivity index (χ0v) is 32.1. The number of ether oxygens (including phenoxy) is 4. The Morgan fingerprint density at radius 1 is 0.824 bits per heavy atom. The average Bonchev–Trinajstić information content (AvgIpc) is 3.07. The van der Waals surface area contributed by atoms with Crippen molar-refractivity contribution >= 4 is 26.0 Å². The molecule has 2 aromatic rings. The Kier molecular flexibility index (Phi) is 8.92. The molecule has 1 amide bonds. The van der Waals surface area contributed by atoms with E-state index in [2.05, 4.69) is 33.9 Å². The summed E-state index contributed by atoms with van der Waals surface area (Å²) < 4.78 is 32.5. The summed E-state index contributed by atoms with van der Waals surface area (Å²) in [6.45, 7) is 14.5. The number of phenols is 1. The molecule has 3 heterocycles. The van der Waals surface area contributed by atoms with Crippen LogP contribution in [-0.2, 0) is 18.4 Å². The number of fused-ring (bicyclic) bond motifs is 7. The maximum Gasteiger partial charge on any atom is 0.279 e. The first-order chi connectivity index (χ1) is 24.0. The van der Waals surface area contributed by atoms with Crippen LogP contribution in [0.4, 0.5) is 0 Å². The SMILES string of the molecule is COc1c(C)c(O[Si](C)(C)C(C)(C)C)c2c(c1OC)[C@H](COCc1ccccc1)N1C(=O)c3c(O)c4c(O)c(C)c(OC)c(=O)c-4c(n3C)C1=C2. The zero-order valence-electron chi connectivity index (χ0n) is 31.1. The summed E-state index contributed by atoms with van der Waals surface area (Å²) in [5, 5.41) is 22.9. The number of amides is 1. The van der Waals surface area contributed by atoms with Crippen LogP contribution in [0.2, 0.25) is 18.1 Å². The Hall–Kier alpha value is -4.94. The highest BCUT2D eigenvalue weighted by Crippen LogP contribution is 2.57. The van der Waals surface area contributed by atoms with Crippen molar-refractivity contribution in [1.82, 2.24) is 9.47 Å². The first-order valence-corrected chi connectivity index (χ1v) is 19.7. The second-order valence-corrected chi connectivity index (χ2v) is 19.3. The van der Waals surface area contributed by atoms with Crippen LogP contribution in [0.3, 0.4) is 0 Å². The van der Waals surface area contributed by atoms with Gasteiger partial charge in [0, 0.05) is 29.3 Å². The number of carbonyl (C=O) groups excluding carboxylic acids is 1. The second kappa shape index (κ2) is 12.7. The molecule has 2 N–H and O–H groups in total. The molecule has 0 unspecified atom stereocenters. The van der Waals surface area contributed by atoms with Crippen molar-refractivity contribution in [2.75, 3.05) is 27.9 Å². The van der Waals surface area contributed by atoms with Crippen molar-refractivity contribution in [3.63, 3.8) is 0 Å². The van der Waals surface area contributed by atoms with Crippen LogP contribution < -0.4 is 24.1 Å². The molecule has 0 radical (unpaired) electrons. The van der Waals surface area contributed by atoms with Crippen molar-refractivity contribution < 1.29 is 38.4 Å². The van der Waals surface area contributed by atoms with Crippen LogP contribution >= 0.6 is 0 Å². The lowest BCUT2D eigenvalue weighted by molar-refractivity contribution is 0.0502. The summed E-state index contributed by atoms with van der Waals surface area (Å²) in [6.07, 6.45) is 1.83. The second-order valence-electron chi connectivity index (χ2n) is 14.6. The predicted octanol–water partition coefficient (Wildman–Crippen LogP) is 7.15. The fraction of sp³-hybridized carbons (Fsp3) is 0.385. The molecule has 2 bridgehead atoms. The van der Waals surface area contributed by atoms with E-state index in [1.54, 1.807) is 21.3 Å². The normalized spacial score (nSPS) is 15.4. The Bertz CT molecular complexity index is 2130. The lowest BCUT2D eigenvalue weighted by atomic mass is 9.84. The van der Waals surface area contributed by atoms with E-state index in [-0.39, 0.29) is 52.1 Å². The minimum absolute atomic E-state index is 0.0116. The molecule has 11 nitrogen and oxygen atoms in total. The summed E-state index contributed by atoms with van der Waals surface area (Å²) in [5.41, 5.74) is 3.04. The van der Waals surface area contributed by atoms with Crippen LogP contribution in [-0.4, -0.2) is 61.8 Å². The van der Waals surface area contributed by atoms with Gasteiger partial charge in [0.05, 0.1) is 63.1 Å². The molecule has 6 rings (SSSR count). The largest absolute Gasteiger partial charge is 0.543 e. The molecule has 4 aliphatic rings. The quantitative estimate of drug-likeness (QED) is 0.174. The number of pyridine rings is 1. The number of methoxy groups -OCH3 is 3. The van der Waals surface area contributed by atoms with E-state index in [1.165, 1.54) is 23.5 Å². The van der Waals surface area contributed by atoms with Gasteiger partial charge in [-0.3, -0.25) is 14.5 Å².